The monoisotopic (exact) mass is 398 g/mol. The lowest BCUT2D eigenvalue weighted by Crippen LogP contribution is -2.36. The van der Waals surface area contributed by atoms with Gasteiger partial charge in [0.05, 0.1) is 10.5 Å². The predicted molar refractivity (Wildman–Crippen MR) is 106 cm³/mol. The van der Waals surface area contributed by atoms with E-state index in [1.807, 2.05) is 13.8 Å². The Bertz CT molecular complexity index is 1160. The Labute approximate surface area is 164 Å². The van der Waals surface area contributed by atoms with E-state index in [4.69, 9.17) is 12.2 Å². The number of hydrogen-bond acceptors (Lipinski definition) is 6. The normalized spacial score (nSPS) is 20.2. The number of carbonyl (C=O) groups excluding carboxylic acids is 1. The number of H-pyrrole nitrogens is 2. The highest BCUT2D eigenvalue weighted by atomic mass is 32.1. The quantitative estimate of drug-likeness (QED) is 0.404. The Morgan fingerprint density at radius 3 is 2.46 bits per heavy atom. The summed E-state index contributed by atoms with van der Waals surface area (Å²) in [7, 11) is 0. The van der Waals surface area contributed by atoms with Crippen molar-refractivity contribution in [1.82, 2.24) is 9.97 Å². The third kappa shape index (κ3) is 2.97. The zero-order valence-corrected chi connectivity index (χ0v) is 16.1. The van der Waals surface area contributed by atoms with Gasteiger partial charge >= 0.3 is 0 Å². The van der Waals surface area contributed by atoms with Gasteiger partial charge in [0, 0.05) is 35.7 Å². The number of aromatic amines is 2. The van der Waals surface area contributed by atoms with E-state index in [-0.39, 0.29) is 21.7 Å². The number of nitro benzene ring substituents is 1. The van der Waals surface area contributed by atoms with Gasteiger partial charge in [-0.25, -0.2) is 0 Å². The van der Waals surface area contributed by atoms with Gasteiger partial charge in [0.15, 0.2) is 10.6 Å². The first kappa shape index (κ1) is 18.3. The number of nitrogens with one attached hydrogen (secondary N) is 3. The zero-order valence-electron chi connectivity index (χ0n) is 15.3. The van der Waals surface area contributed by atoms with E-state index in [0.29, 0.717) is 35.4 Å². The fourth-order valence-corrected chi connectivity index (χ4v) is 4.26. The maximum atomic E-state index is 13.0. The number of carbonyl (C=O) groups is 1. The van der Waals surface area contributed by atoms with Crippen LogP contribution in [-0.2, 0) is 4.79 Å². The topological polar surface area (TPSA) is 121 Å². The van der Waals surface area contributed by atoms with Gasteiger partial charge in [-0.1, -0.05) is 26.0 Å². The highest BCUT2D eigenvalue weighted by molar-refractivity contribution is 7.71. The lowest BCUT2D eigenvalue weighted by atomic mass is 9.69. The van der Waals surface area contributed by atoms with Crippen molar-refractivity contribution < 1.29 is 9.72 Å². The average Bonchev–Trinajstić information content (AvgIpc) is 2.58. The summed E-state index contributed by atoms with van der Waals surface area (Å²) < 4.78 is 0.184. The van der Waals surface area contributed by atoms with Crippen LogP contribution in [0.3, 0.4) is 0 Å². The maximum absolute atomic E-state index is 13.0. The van der Waals surface area contributed by atoms with Crippen molar-refractivity contribution in [3.63, 3.8) is 0 Å². The SMILES string of the molecule is CC1(C)CC(=O)C2=C(C1)Nc1[nH]c(=S)[nH]c(=O)c1[C@@H]2c1ccc([N+](=O)[O-])cc1. The highest BCUT2D eigenvalue weighted by Gasteiger charge is 2.42. The number of Topliss-reactive ketones (excluding diaryl/α,β-unsaturated/α-hetero) is 1. The van der Waals surface area contributed by atoms with Gasteiger partial charge in [0.25, 0.3) is 11.2 Å². The number of aromatic nitrogens is 2. The zero-order chi connectivity index (χ0) is 20.2. The Hall–Kier alpha value is -3.07. The number of benzene rings is 1. The molecule has 4 rings (SSSR count). The number of fused-ring (bicyclic) bond motifs is 1. The molecular weight excluding hydrogens is 380 g/mol. The van der Waals surface area contributed by atoms with E-state index in [2.05, 4.69) is 15.3 Å². The maximum Gasteiger partial charge on any atom is 0.269 e. The molecule has 2 aromatic rings. The van der Waals surface area contributed by atoms with Crippen LogP contribution in [0.15, 0.2) is 40.3 Å². The van der Waals surface area contributed by atoms with Crippen LogP contribution in [0.2, 0.25) is 0 Å². The number of rotatable bonds is 2. The smallest absolute Gasteiger partial charge is 0.269 e. The summed E-state index contributed by atoms with van der Waals surface area (Å²) in [6.45, 7) is 4.04. The first-order chi connectivity index (χ1) is 13.2. The summed E-state index contributed by atoms with van der Waals surface area (Å²) in [5, 5.41) is 14.2. The molecule has 0 bridgehead atoms. The number of hydrogen-bond donors (Lipinski definition) is 3. The van der Waals surface area contributed by atoms with Crippen molar-refractivity contribution in [2.45, 2.75) is 32.6 Å². The van der Waals surface area contributed by atoms with Gasteiger partial charge in [-0.3, -0.25) is 24.7 Å². The van der Waals surface area contributed by atoms with Gasteiger partial charge < -0.3 is 10.3 Å². The molecule has 0 saturated carbocycles. The van der Waals surface area contributed by atoms with E-state index in [0.717, 1.165) is 5.70 Å². The molecular formula is C19H18N4O4S. The summed E-state index contributed by atoms with van der Waals surface area (Å²) in [5.41, 5.74) is 1.64. The molecule has 2 heterocycles. The van der Waals surface area contributed by atoms with Crippen molar-refractivity contribution in [3.8, 4) is 0 Å². The van der Waals surface area contributed by atoms with Crippen molar-refractivity contribution in [2.75, 3.05) is 5.32 Å². The first-order valence-corrected chi connectivity index (χ1v) is 9.21. The van der Waals surface area contributed by atoms with E-state index in [1.165, 1.54) is 12.1 Å². The minimum atomic E-state index is -0.619. The summed E-state index contributed by atoms with van der Waals surface area (Å²) in [4.78, 5) is 41.8. The molecule has 1 aromatic carbocycles. The van der Waals surface area contributed by atoms with Crippen LogP contribution in [0.1, 0.15) is 43.7 Å². The molecule has 1 atom stereocenters. The summed E-state index contributed by atoms with van der Waals surface area (Å²) in [6, 6.07) is 5.95. The van der Waals surface area contributed by atoms with Crippen LogP contribution in [0, 0.1) is 20.3 Å². The Morgan fingerprint density at radius 2 is 1.82 bits per heavy atom. The third-order valence-electron chi connectivity index (χ3n) is 5.19. The van der Waals surface area contributed by atoms with Crippen LogP contribution < -0.4 is 10.9 Å². The minimum absolute atomic E-state index is 0.0328. The lowest BCUT2D eigenvalue weighted by molar-refractivity contribution is -0.384. The second kappa shape index (κ2) is 6.23. The highest BCUT2D eigenvalue weighted by Crippen LogP contribution is 2.47. The lowest BCUT2D eigenvalue weighted by Gasteiger charge is -2.38. The molecule has 9 heteroatoms. The van der Waals surface area contributed by atoms with Crippen molar-refractivity contribution in [2.24, 2.45) is 5.41 Å². The molecule has 1 aromatic heterocycles. The van der Waals surface area contributed by atoms with Crippen molar-refractivity contribution in [1.29, 1.82) is 0 Å². The van der Waals surface area contributed by atoms with E-state index < -0.39 is 16.4 Å². The first-order valence-electron chi connectivity index (χ1n) is 8.80. The molecule has 3 N–H and O–H groups in total. The number of nitrogens with zero attached hydrogens (tertiary/aromatic N) is 1. The molecule has 1 aliphatic carbocycles. The second-order valence-electron chi connectivity index (χ2n) is 7.94. The molecule has 8 nitrogen and oxygen atoms in total. The van der Waals surface area contributed by atoms with Crippen molar-refractivity contribution >= 4 is 29.5 Å². The van der Waals surface area contributed by atoms with Gasteiger partial charge in [0.1, 0.15) is 5.82 Å². The van der Waals surface area contributed by atoms with Gasteiger partial charge in [-0.2, -0.15) is 0 Å². The number of anilines is 1. The number of allylic oxidation sites excluding steroid dienone is 2. The van der Waals surface area contributed by atoms with E-state index >= 15 is 0 Å². The van der Waals surface area contributed by atoms with Crippen LogP contribution in [0.4, 0.5) is 11.5 Å². The molecule has 1 aliphatic heterocycles. The summed E-state index contributed by atoms with van der Waals surface area (Å²) in [6.07, 6.45) is 1.01. The molecule has 0 saturated heterocycles. The summed E-state index contributed by atoms with van der Waals surface area (Å²) in [5.74, 6) is -0.192. The second-order valence-corrected chi connectivity index (χ2v) is 8.34. The Morgan fingerprint density at radius 1 is 1.14 bits per heavy atom. The van der Waals surface area contributed by atoms with Crippen LogP contribution in [0.25, 0.3) is 0 Å². The van der Waals surface area contributed by atoms with Gasteiger partial charge in [-0.15, -0.1) is 0 Å². The molecule has 0 radical (unpaired) electrons. The predicted octanol–water partition coefficient (Wildman–Crippen LogP) is 3.54. The molecule has 0 unspecified atom stereocenters. The van der Waals surface area contributed by atoms with Gasteiger partial charge in [0.2, 0.25) is 0 Å². The molecule has 144 valence electrons. The van der Waals surface area contributed by atoms with E-state index in [1.54, 1.807) is 12.1 Å². The van der Waals surface area contributed by atoms with Crippen LogP contribution >= 0.6 is 12.2 Å². The fraction of sp³-hybridized carbons (Fsp3) is 0.316. The standard InChI is InChI=1S/C19H18N4O4S/c1-19(2)7-11-14(12(24)8-19)13(9-3-5-10(6-4-9)23(26)27)15-16(20-11)21-18(28)22-17(15)25/h3-6,13H,7-8H2,1-2H3,(H3,20,21,22,25,28)/t13-/m1/s1. The minimum Gasteiger partial charge on any atom is -0.344 e. The Balaban J connectivity index is 1.96. The largest absolute Gasteiger partial charge is 0.344 e. The number of ketones is 1. The van der Waals surface area contributed by atoms with E-state index in [9.17, 15) is 19.7 Å². The average molecular weight is 398 g/mol. The molecule has 2 aliphatic rings. The Kier molecular flexibility index (Phi) is 4.07. The number of nitro groups is 1. The molecule has 0 fully saturated rings. The molecule has 28 heavy (non-hydrogen) atoms. The van der Waals surface area contributed by atoms with Crippen LogP contribution in [-0.4, -0.2) is 20.7 Å². The van der Waals surface area contributed by atoms with Gasteiger partial charge in [-0.05, 0) is 29.6 Å². The van der Waals surface area contributed by atoms with Crippen molar-refractivity contribution in [3.05, 3.63) is 71.9 Å². The summed E-state index contributed by atoms with van der Waals surface area (Å²) >= 11 is 5.09. The fourth-order valence-electron chi connectivity index (χ4n) is 4.07. The number of non-ortho nitro benzene ring substituents is 1. The van der Waals surface area contributed by atoms with Crippen LogP contribution in [0.5, 0.6) is 0 Å². The molecule has 0 spiro atoms. The third-order valence-corrected chi connectivity index (χ3v) is 5.39. The molecule has 0 amide bonds.